The van der Waals surface area contributed by atoms with Crippen molar-refractivity contribution in [2.24, 2.45) is 0 Å². The summed E-state index contributed by atoms with van der Waals surface area (Å²) in [4.78, 5) is 4.25. The molecule has 0 saturated carbocycles. The molecule has 0 atom stereocenters. The summed E-state index contributed by atoms with van der Waals surface area (Å²) in [5.74, 6) is -0.825. The number of anilines is 1. The number of sulfonamides is 1. The lowest BCUT2D eigenvalue weighted by Gasteiger charge is -2.10. The highest BCUT2D eigenvalue weighted by Crippen LogP contribution is 2.27. The van der Waals surface area contributed by atoms with E-state index in [0.29, 0.717) is 0 Å². The third-order valence-electron chi connectivity index (χ3n) is 2.58. The molecule has 0 radical (unpaired) electrons. The molecule has 9 heteroatoms. The van der Waals surface area contributed by atoms with Gasteiger partial charge in [0.15, 0.2) is 5.13 Å². The van der Waals surface area contributed by atoms with Gasteiger partial charge in [-0.05, 0) is 26.1 Å². The Morgan fingerprint density at radius 3 is 2.71 bits per heavy atom. The number of nitrogens with zero attached hydrogens (tertiary/aromatic N) is 1. The second-order valence-corrected chi connectivity index (χ2v) is 7.61. The lowest BCUT2D eigenvalue weighted by molar-refractivity contribution is 0.556. The zero-order valence-corrected chi connectivity index (χ0v) is 13.7. The van der Waals surface area contributed by atoms with Gasteiger partial charge in [0.1, 0.15) is 10.7 Å². The van der Waals surface area contributed by atoms with Gasteiger partial charge in [-0.3, -0.25) is 4.72 Å². The maximum Gasteiger partial charge on any atom is 0.266 e. The van der Waals surface area contributed by atoms with Crippen molar-refractivity contribution in [2.45, 2.75) is 18.4 Å². The van der Waals surface area contributed by atoms with Crippen LogP contribution in [0.4, 0.5) is 9.52 Å². The van der Waals surface area contributed by atoms with E-state index in [1.807, 2.05) is 0 Å². The van der Waals surface area contributed by atoms with Crippen LogP contribution in [0.15, 0.2) is 23.2 Å². The van der Waals surface area contributed by atoms with Crippen LogP contribution in [0, 0.1) is 12.7 Å². The monoisotopic (exact) mass is 349 g/mol. The Labute approximate surface area is 131 Å². The maximum atomic E-state index is 14.3. The van der Waals surface area contributed by atoms with Crippen molar-refractivity contribution in [1.29, 1.82) is 0 Å². The number of thiazole rings is 1. The number of benzene rings is 1. The summed E-state index contributed by atoms with van der Waals surface area (Å²) >= 11 is 7.04. The summed E-state index contributed by atoms with van der Waals surface area (Å²) in [7, 11) is -2.45. The number of nitrogens with one attached hydrogen (secondary N) is 2. The molecule has 1 heterocycles. The van der Waals surface area contributed by atoms with Crippen LogP contribution in [0.2, 0.25) is 5.02 Å². The fraction of sp³-hybridized carbons (Fsp3) is 0.250. The van der Waals surface area contributed by atoms with Gasteiger partial charge in [-0.15, -0.1) is 11.3 Å². The summed E-state index contributed by atoms with van der Waals surface area (Å²) in [6.45, 7) is 1.96. The third-order valence-corrected chi connectivity index (χ3v) is 5.09. The van der Waals surface area contributed by atoms with E-state index in [9.17, 15) is 12.8 Å². The largest absolute Gasteiger partial charge is 0.316 e. The number of halogens is 2. The number of hydrogen-bond donors (Lipinski definition) is 2. The van der Waals surface area contributed by atoms with Gasteiger partial charge in [0.25, 0.3) is 10.0 Å². The Kier molecular flexibility index (Phi) is 4.82. The van der Waals surface area contributed by atoms with E-state index in [-0.39, 0.29) is 22.3 Å². The summed E-state index contributed by atoms with van der Waals surface area (Å²) in [6, 6.07) is 2.47. The topological polar surface area (TPSA) is 71.1 Å². The summed E-state index contributed by atoms with van der Waals surface area (Å²) in [6.07, 6.45) is 1.53. The van der Waals surface area contributed by atoms with E-state index in [0.717, 1.165) is 22.3 Å². The zero-order valence-electron chi connectivity index (χ0n) is 11.3. The number of rotatable bonds is 5. The molecule has 2 rings (SSSR count). The van der Waals surface area contributed by atoms with Crippen LogP contribution >= 0.6 is 22.9 Å². The molecule has 0 spiro atoms. The highest BCUT2D eigenvalue weighted by molar-refractivity contribution is 7.93. The van der Waals surface area contributed by atoms with Crippen molar-refractivity contribution in [3.8, 4) is 0 Å². The number of aromatic nitrogens is 1. The molecule has 1 aromatic heterocycles. The summed E-state index contributed by atoms with van der Waals surface area (Å²) in [5.41, 5.74) is 0.181. The molecule has 0 fully saturated rings. The zero-order chi connectivity index (χ0) is 15.6. The van der Waals surface area contributed by atoms with Gasteiger partial charge in [-0.25, -0.2) is 17.8 Å². The maximum absolute atomic E-state index is 14.3. The molecule has 0 saturated heterocycles. The van der Waals surface area contributed by atoms with Crippen LogP contribution in [-0.4, -0.2) is 20.4 Å². The van der Waals surface area contributed by atoms with Crippen LogP contribution in [-0.2, 0) is 16.6 Å². The fourth-order valence-corrected chi connectivity index (χ4v) is 4.06. The van der Waals surface area contributed by atoms with Crippen molar-refractivity contribution >= 4 is 38.1 Å². The molecule has 2 N–H and O–H groups in total. The van der Waals surface area contributed by atoms with Crippen LogP contribution in [0.1, 0.15) is 10.4 Å². The van der Waals surface area contributed by atoms with E-state index >= 15 is 0 Å². The van der Waals surface area contributed by atoms with Crippen molar-refractivity contribution in [3.63, 3.8) is 0 Å². The molecular weight excluding hydrogens is 337 g/mol. The van der Waals surface area contributed by atoms with E-state index in [4.69, 9.17) is 11.6 Å². The molecule has 21 heavy (non-hydrogen) atoms. The lowest BCUT2D eigenvalue weighted by Crippen LogP contribution is -2.17. The highest BCUT2D eigenvalue weighted by Gasteiger charge is 2.23. The first-order valence-corrected chi connectivity index (χ1v) is 8.59. The van der Waals surface area contributed by atoms with E-state index in [1.165, 1.54) is 12.3 Å². The SMILES string of the molecule is CNCc1cc(Cl)cc(S(=O)(=O)Nc2ncc(C)s2)c1F. The molecule has 0 aliphatic heterocycles. The van der Waals surface area contributed by atoms with Gasteiger partial charge in [0.2, 0.25) is 0 Å². The Balaban J connectivity index is 2.44. The molecule has 114 valence electrons. The predicted molar refractivity (Wildman–Crippen MR) is 81.8 cm³/mol. The minimum atomic E-state index is -4.08. The Bertz CT molecular complexity index is 762. The van der Waals surface area contributed by atoms with Gasteiger partial charge in [0.05, 0.1) is 0 Å². The van der Waals surface area contributed by atoms with E-state index < -0.39 is 20.7 Å². The standard InChI is InChI=1S/C12H13ClFN3O2S2/c1-7-5-16-12(20-7)17-21(18,19)10-4-9(13)3-8(6-15-2)11(10)14/h3-5,15H,6H2,1-2H3,(H,16,17). The first-order valence-electron chi connectivity index (χ1n) is 5.91. The third kappa shape index (κ3) is 3.70. The number of hydrogen-bond acceptors (Lipinski definition) is 5. The molecule has 5 nitrogen and oxygen atoms in total. The van der Waals surface area contributed by atoms with Gasteiger partial charge in [0, 0.05) is 28.2 Å². The summed E-state index contributed by atoms with van der Waals surface area (Å²) in [5, 5.41) is 3.09. The lowest BCUT2D eigenvalue weighted by atomic mass is 10.2. The van der Waals surface area contributed by atoms with Crippen LogP contribution in [0.3, 0.4) is 0 Å². The van der Waals surface area contributed by atoms with E-state index in [1.54, 1.807) is 14.0 Å². The average Bonchev–Trinajstić information content (AvgIpc) is 2.78. The molecular formula is C12H13ClFN3O2S2. The van der Waals surface area contributed by atoms with Crippen LogP contribution in [0.5, 0.6) is 0 Å². The van der Waals surface area contributed by atoms with Gasteiger partial charge < -0.3 is 5.32 Å². The predicted octanol–water partition coefficient (Wildman–Crippen LogP) is 2.76. The van der Waals surface area contributed by atoms with Crippen LogP contribution in [0.25, 0.3) is 0 Å². The van der Waals surface area contributed by atoms with Crippen LogP contribution < -0.4 is 10.0 Å². The van der Waals surface area contributed by atoms with Crippen molar-refractivity contribution < 1.29 is 12.8 Å². The normalized spacial score (nSPS) is 11.6. The molecule has 1 aromatic carbocycles. The Morgan fingerprint density at radius 2 is 2.14 bits per heavy atom. The van der Waals surface area contributed by atoms with E-state index in [2.05, 4.69) is 15.0 Å². The molecule has 0 aliphatic rings. The highest BCUT2D eigenvalue weighted by atomic mass is 35.5. The molecule has 0 amide bonds. The molecule has 0 bridgehead atoms. The smallest absolute Gasteiger partial charge is 0.266 e. The molecule has 2 aromatic rings. The van der Waals surface area contributed by atoms with Crippen molar-refractivity contribution in [3.05, 3.63) is 39.6 Å². The average molecular weight is 350 g/mol. The molecule has 0 unspecified atom stereocenters. The first kappa shape index (κ1) is 16.2. The number of aryl methyl sites for hydroxylation is 1. The second kappa shape index (κ2) is 6.27. The van der Waals surface area contributed by atoms with Crippen molar-refractivity contribution in [1.82, 2.24) is 10.3 Å². The van der Waals surface area contributed by atoms with Gasteiger partial charge in [-0.2, -0.15) is 0 Å². The minimum absolute atomic E-state index is 0.150. The first-order chi connectivity index (χ1) is 9.83. The molecule has 0 aliphatic carbocycles. The Hall–Kier alpha value is -1.22. The minimum Gasteiger partial charge on any atom is -0.316 e. The van der Waals surface area contributed by atoms with Gasteiger partial charge in [-0.1, -0.05) is 11.6 Å². The second-order valence-electron chi connectivity index (χ2n) is 4.29. The summed E-state index contributed by atoms with van der Waals surface area (Å²) < 4.78 is 41.1. The fourth-order valence-electron chi connectivity index (χ4n) is 1.70. The van der Waals surface area contributed by atoms with Gasteiger partial charge >= 0.3 is 0 Å². The Morgan fingerprint density at radius 1 is 1.43 bits per heavy atom. The quantitative estimate of drug-likeness (QED) is 0.870. The van der Waals surface area contributed by atoms with Crippen molar-refractivity contribution in [2.75, 3.05) is 11.8 Å².